The molecule has 3 atom stereocenters. The van der Waals surface area contributed by atoms with Gasteiger partial charge in [-0.2, -0.15) is 0 Å². The van der Waals surface area contributed by atoms with Crippen molar-refractivity contribution < 1.29 is 13.9 Å². The van der Waals surface area contributed by atoms with Crippen molar-refractivity contribution in [3.63, 3.8) is 0 Å². The van der Waals surface area contributed by atoms with Crippen LogP contribution in [0.2, 0.25) is 0 Å². The van der Waals surface area contributed by atoms with Crippen LogP contribution in [0.1, 0.15) is 65.8 Å². The number of esters is 1. The zero-order valence-corrected chi connectivity index (χ0v) is 20.3. The van der Waals surface area contributed by atoms with Crippen LogP contribution in [0.25, 0.3) is 11.1 Å². The summed E-state index contributed by atoms with van der Waals surface area (Å²) in [5.41, 5.74) is 8.08. The molecule has 0 heterocycles. The third kappa shape index (κ3) is 4.53. The van der Waals surface area contributed by atoms with Gasteiger partial charge in [0.25, 0.3) is 0 Å². The van der Waals surface area contributed by atoms with E-state index in [0.29, 0.717) is 17.4 Å². The van der Waals surface area contributed by atoms with Gasteiger partial charge in [-0.15, -0.1) is 0 Å². The predicted molar refractivity (Wildman–Crippen MR) is 134 cm³/mol. The second-order valence-electron chi connectivity index (χ2n) is 10.2. The number of fused-ring (bicyclic) bond motifs is 1. The van der Waals surface area contributed by atoms with E-state index in [1.807, 2.05) is 19.9 Å². The molecule has 0 bridgehead atoms. The van der Waals surface area contributed by atoms with Gasteiger partial charge in [0.05, 0.1) is 13.0 Å². The number of benzene rings is 3. The van der Waals surface area contributed by atoms with E-state index in [1.54, 1.807) is 12.1 Å². The first-order valence-corrected chi connectivity index (χ1v) is 12.5. The van der Waals surface area contributed by atoms with E-state index in [-0.39, 0.29) is 23.6 Å². The molecule has 3 aromatic carbocycles. The Morgan fingerprint density at radius 2 is 1.74 bits per heavy atom. The molecule has 2 nitrogen and oxygen atoms in total. The summed E-state index contributed by atoms with van der Waals surface area (Å²) in [4.78, 5) is 12.3. The summed E-state index contributed by atoms with van der Waals surface area (Å²) in [6, 6.07) is 20.6. The first-order valence-electron chi connectivity index (χ1n) is 12.5. The molecular formula is C31H33FO2. The van der Waals surface area contributed by atoms with Crippen LogP contribution in [-0.4, -0.2) is 13.1 Å². The fourth-order valence-electron chi connectivity index (χ4n) is 5.82. The van der Waals surface area contributed by atoms with Crippen molar-refractivity contribution in [1.82, 2.24) is 0 Å². The summed E-state index contributed by atoms with van der Waals surface area (Å²) < 4.78 is 19.4. The second-order valence-corrected chi connectivity index (χ2v) is 10.2. The number of ether oxygens (including phenoxy) is 1. The fraction of sp³-hybridized carbons (Fsp3) is 0.387. The normalized spacial score (nSPS) is 19.2. The molecule has 2 aliphatic rings. The van der Waals surface area contributed by atoms with E-state index in [2.05, 4.69) is 42.5 Å². The molecule has 0 N–H and O–H groups in total. The van der Waals surface area contributed by atoms with Gasteiger partial charge < -0.3 is 4.74 Å². The van der Waals surface area contributed by atoms with Crippen molar-refractivity contribution in [1.29, 1.82) is 0 Å². The molecule has 0 radical (unpaired) electrons. The van der Waals surface area contributed by atoms with Crippen molar-refractivity contribution in [3.05, 3.63) is 94.3 Å². The van der Waals surface area contributed by atoms with Crippen LogP contribution in [-0.2, 0) is 22.4 Å². The highest BCUT2D eigenvalue weighted by atomic mass is 19.1. The number of methoxy groups -OCH3 is 1. The highest BCUT2D eigenvalue weighted by Gasteiger charge is 2.39. The average Bonchev–Trinajstić information content (AvgIpc) is 3.70. The average molecular weight is 457 g/mol. The molecule has 176 valence electrons. The Bertz CT molecular complexity index is 1190. The van der Waals surface area contributed by atoms with E-state index >= 15 is 0 Å². The Morgan fingerprint density at radius 3 is 2.44 bits per heavy atom. The topological polar surface area (TPSA) is 26.3 Å². The number of rotatable bonds is 6. The van der Waals surface area contributed by atoms with E-state index in [1.165, 1.54) is 42.2 Å². The van der Waals surface area contributed by atoms with Crippen molar-refractivity contribution in [3.8, 4) is 11.1 Å². The molecule has 1 saturated carbocycles. The summed E-state index contributed by atoms with van der Waals surface area (Å²) in [5, 5.41) is 0. The maximum Gasteiger partial charge on any atom is 0.309 e. The first kappa shape index (κ1) is 22.8. The SMILES string of the molecule is COC(=O)[C@@H](C)[C@H](c1ccc2c(c1)CC(c1ccc(-c3cc(C)ccc3F)cc1)CC2)C1CC1. The Balaban J connectivity index is 1.37. The number of carbonyl (C=O) groups is 1. The summed E-state index contributed by atoms with van der Waals surface area (Å²) in [6.07, 6.45) is 5.58. The Kier molecular flexibility index (Phi) is 6.29. The van der Waals surface area contributed by atoms with Crippen LogP contribution in [0.15, 0.2) is 60.7 Å². The summed E-state index contributed by atoms with van der Waals surface area (Å²) >= 11 is 0. The molecule has 3 aromatic rings. The molecule has 5 rings (SSSR count). The first-order chi connectivity index (χ1) is 16.4. The minimum Gasteiger partial charge on any atom is -0.469 e. The van der Waals surface area contributed by atoms with Gasteiger partial charge in [0.15, 0.2) is 0 Å². The number of carbonyl (C=O) groups excluding carboxylic acids is 1. The highest BCUT2D eigenvalue weighted by molar-refractivity contribution is 5.73. The molecule has 0 saturated heterocycles. The fourth-order valence-corrected chi connectivity index (χ4v) is 5.82. The van der Waals surface area contributed by atoms with Crippen LogP contribution in [0.4, 0.5) is 4.39 Å². The standard InChI is InChI=1S/C31H33FO2/c1-19-4-15-29(32)28(16-19)23-9-5-21(6-10-23)25-13-7-22-8-14-26(18-27(22)17-25)30(24-11-12-24)20(2)31(33)34-3/h4-6,8-10,14-16,18,20,24-25,30H,7,11-13,17H2,1-3H3/t20-,25?,30-/m0/s1. The quantitative estimate of drug-likeness (QED) is 0.362. The Hall–Kier alpha value is -2.94. The number of aryl methyl sites for hydroxylation is 2. The lowest BCUT2D eigenvalue weighted by atomic mass is 9.76. The molecule has 34 heavy (non-hydrogen) atoms. The molecule has 3 heteroatoms. The zero-order valence-electron chi connectivity index (χ0n) is 20.3. The van der Waals surface area contributed by atoms with Gasteiger partial charge in [0.2, 0.25) is 0 Å². The van der Waals surface area contributed by atoms with Crippen LogP contribution in [0.3, 0.4) is 0 Å². The van der Waals surface area contributed by atoms with E-state index in [4.69, 9.17) is 4.74 Å². The maximum atomic E-state index is 14.3. The van der Waals surface area contributed by atoms with Crippen LogP contribution in [0.5, 0.6) is 0 Å². The van der Waals surface area contributed by atoms with Gasteiger partial charge in [-0.1, -0.05) is 61.0 Å². The third-order valence-electron chi connectivity index (χ3n) is 7.90. The lowest BCUT2D eigenvalue weighted by molar-refractivity contribution is -0.145. The van der Waals surface area contributed by atoms with Crippen molar-refractivity contribution in [2.24, 2.45) is 11.8 Å². The smallest absolute Gasteiger partial charge is 0.309 e. The summed E-state index contributed by atoms with van der Waals surface area (Å²) in [5.74, 6) is 0.866. The minimum absolute atomic E-state index is 0.113. The lowest BCUT2D eigenvalue weighted by Gasteiger charge is -2.28. The third-order valence-corrected chi connectivity index (χ3v) is 7.90. The summed E-state index contributed by atoms with van der Waals surface area (Å²) in [6.45, 7) is 4.00. The molecule has 1 unspecified atom stereocenters. The number of hydrogen-bond donors (Lipinski definition) is 0. The molecule has 2 aliphatic carbocycles. The predicted octanol–water partition coefficient (Wildman–Crippen LogP) is 7.38. The van der Waals surface area contributed by atoms with Crippen LogP contribution >= 0.6 is 0 Å². The van der Waals surface area contributed by atoms with Crippen molar-refractivity contribution in [2.45, 2.75) is 57.8 Å². The lowest BCUT2D eigenvalue weighted by Crippen LogP contribution is -2.23. The monoisotopic (exact) mass is 456 g/mol. The zero-order chi connectivity index (χ0) is 23.8. The van der Waals surface area contributed by atoms with Crippen molar-refractivity contribution in [2.75, 3.05) is 7.11 Å². The number of hydrogen-bond acceptors (Lipinski definition) is 2. The van der Waals surface area contributed by atoms with Gasteiger partial charge >= 0.3 is 5.97 Å². The van der Waals surface area contributed by atoms with Crippen LogP contribution in [0, 0.1) is 24.6 Å². The molecule has 1 fully saturated rings. The van der Waals surface area contributed by atoms with Crippen LogP contribution < -0.4 is 0 Å². The molecule has 0 aliphatic heterocycles. The summed E-state index contributed by atoms with van der Waals surface area (Å²) in [7, 11) is 1.48. The van der Waals surface area contributed by atoms with E-state index < -0.39 is 0 Å². The largest absolute Gasteiger partial charge is 0.469 e. The van der Waals surface area contributed by atoms with Gasteiger partial charge in [-0.3, -0.25) is 4.79 Å². The van der Waals surface area contributed by atoms with E-state index in [0.717, 1.165) is 30.4 Å². The second kappa shape index (κ2) is 9.37. The highest BCUT2D eigenvalue weighted by Crippen LogP contribution is 2.48. The van der Waals surface area contributed by atoms with Gasteiger partial charge in [-0.25, -0.2) is 4.39 Å². The van der Waals surface area contributed by atoms with E-state index in [9.17, 15) is 9.18 Å². The maximum absolute atomic E-state index is 14.3. The minimum atomic E-state index is -0.177. The van der Waals surface area contributed by atoms with Gasteiger partial charge in [0.1, 0.15) is 5.82 Å². The molecule has 0 amide bonds. The molecule has 0 spiro atoms. The number of halogens is 1. The Morgan fingerprint density at radius 1 is 0.971 bits per heavy atom. The van der Waals surface area contributed by atoms with Gasteiger partial charge in [0, 0.05) is 5.56 Å². The molecule has 0 aromatic heterocycles. The van der Waals surface area contributed by atoms with Gasteiger partial charge in [-0.05, 0) is 96.7 Å². The Labute approximate surface area is 202 Å². The van der Waals surface area contributed by atoms with Crippen molar-refractivity contribution >= 4 is 5.97 Å². The molecular weight excluding hydrogens is 423 g/mol.